The number of aryl methyl sites for hydroxylation is 2. The number of rotatable bonds is 10. The Kier molecular flexibility index (Phi) is 15.9. The Balaban J connectivity index is 0.000000152. The number of para-hydroxylation sites is 2. The highest BCUT2D eigenvalue weighted by Gasteiger charge is 2.52. The smallest absolute Gasteiger partial charge is 0.399 e. The molecule has 0 amide bonds. The minimum atomic E-state index is -0.319. The van der Waals surface area contributed by atoms with Crippen molar-refractivity contribution in [1.29, 1.82) is 0 Å². The summed E-state index contributed by atoms with van der Waals surface area (Å²) in [6.45, 7) is 12.1. The van der Waals surface area contributed by atoms with E-state index in [9.17, 15) is 9.59 Å². The van der Waals surface area contributed by atoms with E-state index in [1.165, 1.54) is 0 Å². The Hall–Kier alpha value is -7.88. The molecule has 10 aromatic rings. The fourth-order valence-corrected chi connectivity index (χ4v) is 9.69. The molecule has 18 nitrogen and oxygen atoms in total. The summed E-state index contributed by atoms with van der Waals surface area (Å²) in [4.78, 5) is 43.9. The third-order valence-corrected chi connectivity index (χ3v) is 14.7. The van der Waals surface area contributed by atoms with Gasteiger partial charge in [-0.1, -0.05) is 83.9 Å². The number of nitrogens with zero attached hydrogens (tertiary/aromatic N) is 10. The van der Waals surface area contributed by atoms with E-state index in [-0.39, 0.29) is 53.4 Å². The van der Waals surface area contributed by atoms with Crippen LogP contribution in [0.1, 0.15) is 65.0 Å². The molecule has 1 saturated heterocycles. The van der Waals surface area contributed by atoms with Gasteiger partial charge in [0.1, 0.15) is 11.6 Å². The van der Waals surface area contributed by atoms with Gasteiger partial charge < -0.3 is 31.4 Å². The van der Waals surface area contributed by atoms with Crippen molar-refractivity contribution < 1.29 is 9.31 Å². The van der Waals surface area contributed by atoms with E-state index in [0.29, 0.717) is 36.9 Å². The molecule has 0 saturated carbocycles. The maximum Gasteiger partial charge on any atom is 0.498 e. The molecular weight excluding hydrogens is 1090 g/mol. The molecule has 1 aliphatic heterocycles. The van der Waals surface area contributed by atoms with Crippen LogP contribution in [-0.4, -0.2) is 67.0 Å². The fraction of sp³-hybridized carbons (Fsp3) is 0.214. The summed E-state index contributed by atoms with van der Waals surface area (Å²) in [7, 11) is 3.42. The monoisotopic (exact) mass is 1150 g/mol. The minimum Gasteiger partial charge on any atom is -0.399 e. The van der Waals surface area contributed by atoms with Crippen molar-refractivity contribution in [3.63, 3.8) is 0 Å². The van der Waals surface area contributed by atoms with Gasteiger partial charge in [0.15, 0.2) is 0 Å². The van der Waals surface area contributed by atoms with Gasteiger partial charge in [-0.3, -0.25) is 28.1 Å². The van der Waals surface area contributed by atoms with Crippen molar-refractivity contribution in [2.75, 3.05) is 22.1 Å². The van der Waals surface area contributed by atoms with E-state index in [2.05, 4.69) is 56.7 Å². The van der Waals surface area contributed by atoms with Gasteiger partial charge in [0.2, 0.25) is 11.9 Å². The predicted octanol–water partition coefficient (Wildman–Crippen LogP) is 10.3. The quantitative estimate of drug-likeness (QED) is 0.0935. The van der Waals surface area contributed by atoms with E-state index >= 15 is 0 Å². The second kappa shape index (κ2) is 22.6. The summed E-state index contributed by atoms with van der Waals surface area (Å²) >= 11 is 16.2. The van der Waals surface area contributed by atoms with Crippen LogP contribution in [0.2, 0.25) is 10.0 Å². The molecular formula is C56H56BBrCl2N14O4. The van der Waals surface area contributed by atoms with Crippen molar-refractivity contribution in [1.82, 2.24) is 48.6 Å². The molecule has 398 valence electrons. The number of halogens is 3. The number of aromatic nitrogens is 10. The minimum absolute atomic E-state index is 0.146. The summed E-state index contributed by atoms with van der Waals surface area (Å²) in [5, 5.41) is 18.5. The van der Waals surface area contributed by atoms with E-state index in [0.717, 1.165) is 50.1 Å². The van der Waals surface area contributed by atoms with E-state index < -0.39 is 0 Å². The van der Waals surface area contributed by atoms with Gasteiger partial charge in [0.25, 0.3) is 11.1 Å². The normalized spacial score (nSPS) is 14.3. The number of nitrogens with one attached hydrogen (secondary N) is 2. The second-order valence-electron chi connectivity index (χ2n) is 19.6. The SMILES string of the molecule is C[C@H](Nc1nc(N)ncc1-c1cnn(C)c1)c1cc2cccc(Cl)c2c(=O)n1-c1ccccc1.C[C@H](Nc1nc(N)ncc1Br)c1cc2cccc(Cl)c2c(=O)n1-c1ccccc1.Cn1cc(B2OC(C)(C)C(C)(C)O2)cn1. The van der Waals surface area contributed by atoms with Crippen molar-refractivity contribution >= 4 is 96.8 Å². The molecule has 6 N–H and O–H groups in total. The van der Waals surface area contributed by atoms with Crippen LogP contribution >= 0.6 is 39.1 Å². The first kappa shape index (κ1) is 54.9. The summed E-state index contributed by atoms with van der Waals surface area (Å²) in [5.74, 6) is 1.40. The molecule has 1 aliphatic rings. The number of nitrogens with two attached hydrogens (primary N) is 2. The zero-order valence-corrected chi connectivity index (χ0v) is 47.1. The van der Waals surface area contributed by atoms with Gasteiger partial charge in [-0.2, -0.15) is 20.2 Å². The number of pyridine rings is 2. The largest absolute Gasteiger partial charge is 0.498 e. The maximum atomic E-state index is 13.7. The topological polar surface area (TPSA) is 226 Å². The van der Waals surface area contributed by atoms with Crippen LogP contribution in [0.3, 0.4) is 0 Å². The van der Waals surface area contributed by atoms with E-state index in [1.807, 2.05) is 165 Å². The van der Waals surface area contributed by atoms with Gasteiger partial charge >= 0.3 is 7.12 Å². The fourth-order valence-electron chi connectivity index (χ4n) is 8.86. The average Bonchev–Trinajstić information content (AvgIpc) is 4.12. The number of hydrogen-bond acceptors (Lipinski definition) is 14. The van der Waals surface area contributed by atoms with Crippen LogP contribution in [-0.2, 0) is 23.4 Å². The summed E-state index contributed by atoms with van der Waals surface area (Å²) in [5.41, 5.74) is 16.3. The van der Waals surface area contributed by atoms with Gasteiger partial charge in [-0.05, 0) is 117 Å². The molecule has 2 atom stereocenters. The van der Waals surface area contributed by atoms with Crippen LogP contribution in [0.4, 0.5) is 23.5 Å². The van der Waals surface area contributed by atoms with Crippen molar-refractivity contribution in [2.24, 2.45) is 14.1 Å². The van der Waals surface area contributed by atoms with Crippen LogP contribution in [0, 0.1) is 0 Å². The van der Waals surface area contributed by atoms with Gasteiger partial charge in [-0.15, -0.1) is 0 Å². The maximum absolute atomic E-state index is 13.7. The number of fused-ring (bicyclic) bond motifs is 2. The molecule has 0 aliphatic carbocycles. The van der Waals surface area contributed by atoms with Crippen LogP contribution in [0.5, 0.6) is 0 Å². The van der Waals surface area contributed by atoms with Crippen LogP contribution < -0.4 is 38.7 Å². The van der Waals surface area contributed by atoms with Gasteiger partial charge in [-0.25, -0.2) is 9.97 Å². The number of benzene rings is 4. The molecule has 0 bridgehead atoms. The molecule has 78 heavy (non-hydrogen) atoms. The van der Waals surface area contributed by atoms with Crippen molar-refractivity contribution in [3.05, 3.63) is 193 Å². The standard InChI is InChI=1S/C25H22ClN7O.C21H17BrClN5O.C10H17BN2O2/c1-15(30-23-19(13-28-25(27)31-23)17-12-29-32(2)14-17)21-11-16-7-6-10-20(26)22(16)24(34)33(21)18-8-4-3-5-9-18;1-12(26-19-15(22)11-25-21(24)27-19)17-10-13-6-5-9-16(23)18(13)20(29)28(17)14-7-3-2-4-8-14;1-9(2)10(3,4)15-11(14-9)8-6-12-13(5)7-8/h3-15H,1-2H3,(H3,27,28,30,31);2-12H,1H3,(H3,24,25,26,27);6-7H,1-5H3/t15-;12-;/m00./s1. The van der Waals surface area contributed by atoms with Crippen molar-refractivity contribution in [2.45, 2.75) is 64.8 Å². The van der Waals surface area contributed by atoms with Crippen molar-refractivity contribution in [3.8, 4) is 22.5 Å². The second-order valence-corrected chi connectivity index (χ2v) is 21.3. The Bertz CT molecular complexity index is 3910. The lowest BCUT2D eigenvalue weighted by Gasteiger charge is -2.32. The number of nitrogen functional groups attached to an aromatic ring is 2. The Morgan fingerprint density at radius 1 is 0.615 bits per heavy atom. The first-order valence-corrected chi connectivity index (χ1v) is 26.3. The molecule has 6 aromatic heterocycles. The molecule has 0 radical (unpaired) electrons. The molecule has 0 spiro atoms. The highest BCUT2D eigenvalue weighted by molar-refractivity contribution is 9.10. The van der Waals surface area contributed by atoms with Gasteiger partial charge in [0, 0.05) is 84.4 Å². The highest BCUT2D eigenvalue weighted by Crippen LogP contribution is 2.37. The van der Waals surface area contributed by atoms with E-state index in [1.54, 1.807) is 55.4 Å². The van der Waals surface area contributed by atoms with Crippen LogP contribution in [0.15, 0.2) is 160 Å². The molecule has 1 fully saturated rings. The summed E-state index contributed by atoms with van der Waals surface area (Å²) in [6, 6.07) is 33.2. The summed E-state index contributed by atoms with van der Waals surface area (Å²) < 4.78 is 19.3. The lowest BCUT2D eigenvalue weighted by Crippen LogP contribution is -2.41. The Morgan fingerprint density at radius 2 is 1.08 bits per heavy atom. The third-order valence-electron chi connectivity index (χ3n) is 13.5. The lowest BCUT2D eigenvalue weighted by molar-refractivity contribution is 0.00578. The zero-order valence-electron chi connectivity index (χ0n) is 44.0. The highest BCUT2D eigenvalue weighted by atomic mass is 79.9. The third kappa shape index (κ3) is 11.5. The van der Waals surface area contributed by atoms with Gasteiger partial charge in [0.05, 0.1) is 54.8 Å². The number of hydrogen-bond donors (Lipinski definition) is 4. The first-order chi connectivity index (χ1) is 37.2. The zero-order chi connectivity index (χ0) is 55.6. The van der Waals surface area contributed by atoms with Crippen LogP contribution in [0.25, 0.3) is 44.0 Å². The predicted molar refractivity (Wildman–Crippen MR) is 315 cm³/mol. The Morgan fingerprint density at radius 3 is 1.55 bits per heavy atom. The molecule has 11 rings (SSSR count). The average molecular weight is 1150 g/mol. The first-order valence-electron chi connectivity index (χ1n) is 24.8. The lowest BCUT2D eigenvalue weighted by atomic mass is 9.82. The summed E-state index contributed by atoms with van der Waals surface area (Å²) in [6.07, 6.45) is 10.6. The molecule has 22 heteroatoms. The molecule has 4 aromatic carbocycles. The molecule has 7 heterocycles. The Labute approximate surface area is 468 Å². The van der Waals surface area contributed by atoms with E-state index in [4.69, 9.17) is 44.0 Å². The molecule has 0 unspecified atom stereocenters. The number of anilines is 4.